The van der Waals surface area contributed by atoms with Gasteiger partial charge in [0, 0.05) is 24.9 Å². The molecule has 0 fully saturated rings. The van der Waals surface area contributed by atoms with E-state index >= 15 is 0 Å². The summed E-state index contributed by atoms with van der Waals surface area (Å²) in [6.07, 6.45) is -0.746. The number of alkyl halides is 3. The lowest BCUT2D eigenvalue weighted by Gasteiger charge is -2.32. The van der Waals surface area contributed by atoms with Crippen LogP contribution in [-0.4, -0.2) is 41.3 Å². The number of aromatic amines is 1. The van der Waals surface area contributed by atoms with Crippen LogP contribution >= 0.6 is 0 Å². The number of imidazole rings is 1. The summed E-state index contributed by atoms with van der Waals surface area (Å²) in [5, 5.41) is 12.6. The number of H-pyrrole nitrogens is 1. The molecule has 0 radical (unpaired) electrons. The summed E-state index contributed by atoms with van der Waals surface area (Å²) in [5.74, 6) is 0.242. The number of hydrogen-bond acceptors (Lipinski definition) is 7. The second kappa shape index (κ2) is 7.15. The Morgan fingerprint density at radius 2 is 1.97 bits per heavy atom. The quantitative estimate of drug-likeness (QED) is 0.446. The van der Waals surface area contributed by atoms with E-state index in [4.69, 9.17) is 4.42 Å². The zero-order chi connectivity index (χ0) is 22.6. The highest BCUT2D eigenvalue weighted by Gasteiger charge is 2.38. The van der Waals surface area contributed by atoms with Crippen molar-refractivity contribution in [2.45, 2.75) is 18.6 Å². The van der Waals surface area contributed by atoms with Crippen molar-refractivity contribution in [3.05, 3.63) is 77.8 Å². The molecule has 1 atom stereocenters. The van der Waals surface area contributed by atoms with Crippen molar-refractivity contribution in [3.63, 3.8) is 0 Å². The number of fused-ring (bicyclic) bond motifs is 2. The van der Waals surface area contributed by atoms with E-state index in [-0.39, 0.29) is 11.9 Å². The molecule has 1 aliphatic heterocycles. The average Bonchev–Trinajstić information content (AvgIpc) is 3.56. The molecule has 1 N–H and O–H groups in total. The van der Waals surface area contributed by atoms with Crippen molar-refractivity contribution >= 4 is 11.5 Å². The predicted octanol–water partition coefficient (Wildman–Crippen LogP) is 3.67. The molecule has 0 bridgehead atoms. The fraction of sp³-hybridized carbons (Fsp3) is 0.190. The zero-order valence-electron chi connectivity index (χ0n) is 16.9. The highest BCUT2D eigenvalue weighted by molar-refractivity contribution is 5.54. The van der Waals surface area contributed by atoms with Crippen molar-refractivity contribution in [2.24, 2.45) is 0 Å². The maximum atomic E-state index is 13.5. The third-order valence-corrected chi connectivity index (χ3v) is 5.54. The minimum atomic E-state index is -4.55. The number of anilines is 1. The van der Waals surface area contributed by atoms with Crippen LogP contribution in [0.2, 0.25) is 0 Å². The van der Waals surface area contributed by atoms with Crippen molar-refractivity contribution in [3.8, 4) is 11.6 Å². The van der Waals surface area contributed by atoms with Crippen LogP contribution in [0.3, 0.4) is 0 Å². The Labute approximate surface area is 183 Å². The summed E-state index contributed by atoms with van der Waals surface area (Å²) in [7, 11) is 0. The van der Waals surface area contributed by atoms with Gasteiger partial charge < -0.3 is 14.3 Å². The zero-order valence-corrected chi connectivity index (χ0v) is 16.9. The molecule has 0 aliphatic carbocycles. The van der Waals surface area contributed by atoms with E-state index in [1.807, 2.05) is 0 Å². The van der Waals surface area contributed by atoms with Gasteiger partial charge in [0.15, 0.2) is 0 Å². The number of hydrogen-bond donors (Lipinski definition) is 1. The van der Waals surface area contributed by atoms with Crippen molar-refractivity contribution in [2.75, 3.05) is 11.4 Å². The summed E-state index contributed by atoms with van der Waals surface area (Å²) >= 11 is 0. The van der Waals surface area contributed by atoms with Crippen LogP contribution in [0.1, 0.15) is 28.8 Å². The fourth-order valence-corrected chi connectivity index (χ4v) is 4.09. The van der Waals surface area contributed by atoms with Crippen LogP contribution in [0.4, 0.5) is 19.2 Å². The summed E-state index contributed by atoms with van der Waals surface area (Å²) in [5.41, 5.74) is 1.91. The largest absolute Gasteiger partial charge is 0.433 e. The van der Waals surface area contributed by atoms with Crippen molar-refractivity contribution < 1.29 is 17.6 Å². The minimum Gasteiger partial charge on any atom is -0.402 e. The van der Waals surface area contributed by atoms with Crippen LogP contribution in [0.15, 0.2) is 59.4 Å². The van der Waals surface area contributed by atoms with Gasteiger partial charge in [-0.05, 0) is 30.3 Å². The predicted molar refractivity (Wildman–Crippen MR) is 109 cm³/mol. The summed E-state index contributed by atoms with van der Waals surface area (Å²) in [6.45, 7) is 0.476. The number of aromatic nitrogens is 7. The van der Waals surface area contributed by atoms with Gasteiger partial charge in [-0.3, -0.25) is 4.98 Å². The lowest BCUT2D eigenvalue weighted by molar-refractivity contribution is -0.142. The number of nitrogens with one attached hydrogen (secondary N) is 1. The second-order valence-electron chi connectivity index (χ2n) is 7.53. The lowest BCUT2D eigenvalue weighted by Crippen LogP contribution is -2.37. The van der Waals surface area contributed by atoms with Crippen molar-refractivity contribution in [1.82, 2.24) is 34.8 Å². The van der Waals surface area contributed by atoms with E-state index in [0.717, 1.165) is 16.3 Å². The first-order chi connectivity index (χ1) is 16.0. The molecule has 1 unspecified atom stereocenters. The fourth-order valence-electron chi connectivity index (χ4n) is 4.09. The van der Waals surface area contributed by atoms with E-state index in [1.54, 1.807) is 47.8 Å². The van der Waals surface area contributed by atoms with Crippen LogP contribution < -0.4 is 4.90 Å². The van der Waals surface area contributed by atoms with Gasteiger partial charge >= 0.3 is 12.2 Å². The summed E-state index contributed by atoms with van der Waals surface area (Å²) < 4.78 is 47.4. The molecule has 5 aromatic heterocycles. The SMILES string of the molecule is FC(F)(F)c1cccc2cc(C3c4nc[nH]c4CCN3c3nnc(-c4ccccn4)o3)nn12. The third-order valence-electron chi connectivity index (χ3n) is 5.54. The maximum Gasteiger partial charge on any atom is 0.433 e. The number of pyridine rings is 2. The Morgan fingerprint density at radius 1 is 1.06 bits per heavy atom. The van der Waals surface area contributed by atoms with Crippen molar-refractivity contribution in [1.29, 1.82) is 0 Å². The molecular weight excluding hydrogens is 437 g/mol. The van der Waals surface area contributed by atoms with Gasteiger partial charge in [-0.1, -0.05) is 17.2 Å². The molecule has 0 aromatic carbocycles. The molecule has 33 heavy (non-hydrogen) atoms. The minimum absolute atomic E-state index is 0.211. The average molecular weight is 452 g/mol. The smallest absolute Gasteiger partial charge is 0.402 e. The van der Waals surface area contributed by atoms with Crippen LogP contribution in [-0.2, 0) is 12.6 Å². The second-order valence-corrected chi connectivity index (χ2v) is 7.53. The summed E-state index contributed by atoms with van der Waals surface area (Å²) in [4.78, 5) is 13.5. The van der Waals surface area contributed by atoms with E-state index in [1.165, 1.54) is 6.07 Å². The Kier molecular flexibility index (Phi) is 4.22. The third kappa shape index (κ3) is 3.22. The first kappa shape index (κ1) is 19.5. The molecule has 0 saturated heterocycles. The van der Waals surface area contributed by atoms with E-state index < -0.39 is 17.9 Å². The molecule has 6 heterocycles. The standard InChI is InChI=1S/C21H15F3N8O/c22-21(23,24)16-6-3-4-12-10-15(30-32(12)16)18-17-13(26-11-27-17)7-9-31(18)20-29-28-19(33-20)14-5-1-2-8-25-14/h1-6,8,10-11,18H,7,9H2,(H,26,27). The lowest BCUT2D eigenvalue weighted by atomic mass is 10.0. The molecule has 9 nitrogen and oxygen atoms in total. The Balaban J connectivity index is 1.47. The number of nitrogens with zero attached hydrogens (tertiary/aromatic N) is 7. The highest BCUT2D eigenvalue weighted by Crippen LogP contribution is 2.38. The molecule has 6 rings (SSSR count). The topological polar surface area (TPSA) is 101 Å². The highest BCUT2D eigenvalue weighted by atomic mass is 19.4. The van der Waals surface area contributed by atoms with E-state index in [9.17, 15) is 13.2 Å². The van der Waals surface area contributed by atoms with Crippen LogP contribution in [0, 0.1) is 0 Å². The normalized spacial score (nSPS) is 16.3. The first-order valence-corrected chi connectivity index (χ1v) is 10.1. The maximum absolute atomic E-state index is 13.5. The molecular formula is C21H15F3N8O. The molecule has 0 saturated carbocycles. The molecule has 1 aliphatic rings. The Morgan fingerprint density at radius 3 is 2.79 bits per heavy atom. The molecule has 12 heteroatoms. The van der Waals surface area contributed by atoms with E-state index in [2.05, 4.69) is 30.2 Å². The number of halogens is 3. The van der Waals surface area contributed by atoms with Gasteiger partial charge in [0.2, 0.25) is 0 Å². The van der Waals surface area contributed by atoms with Gasteiger partial charge in [0.25, 0.3) is 5.89 Å². The van der Waals surface area contributed by atoms with Crippen LogP contribution in [0.5, 0.6) is 0 Å². The number of rotatable bonds is 3. The first-order valence-electron chi connectivity index (χ1n) is 10.1. The molecule has 166 valence electrons. The van der Waals surface area contributed by atoms with Gasteiger partial charge in [-0.15, -0.1) is 5.10 Å². The Bertz CT molecular complexity index is 1440. The van der Waals surface area contributed by atoms with Gasteiger partial charge in [-0.25, -0.2) is 9.50 Å². The van der Waals surface area contributed by atoms with Crippen LogP contribution in [0.25, 0.3) is 17.1 Å². The molecule has 5 aromatic rings. The van der Waals surface area contributed by atoms with Gasteiger partial charge in [-0.2, -0.15) is 18.3 Å². The summed E-state index contributed by atoms with van der Waals surface area (Å²) in [6, 6.07) is 10.5. The Hall–Kier alpha value is -4.22. The van der Waals surface area contributed by atoms with Gasteiger partial charge in [0.05, 0.1) is 23.2 Å². The molecule has 0 amide bonds. The molecule has 0 spiro atoms. The van der Waals surface area contributed by atoms with Gasteiger partial charge in [0.1, 0.15) is 17.4 Å². The van der Waals surface area contributed by atoms with E-state index in [0.29, 0.717) is 35.6 Å². The monoisotopic (exact) mass is 452 g/mol.